The van der Waals surface area contributed by atoms with E-state index in [1.807, 2.05) is 0 Å². The van der Waals surface area contributed by atoms with Gasteiger partial charge >= 0.3 is 5.69 Å². The molecule has 2 aromatic heterocycles. The lowest BCUT2D eigenvalue weighted by Crippen LogP contribution is -2.37. The smallest absolute Gasteiger partial charge is 0.279 e. The van der Waals surface area contributed by atoms with Gasteiger partial charge in [-0.05, 0) is 18.2 Å². The summed E-state index contributed by atoms with van der Waals surface area (Å²) >= 11 is 11.9. The molecule has 1 aromatic carbocycles. The number of benzene rings is 1. The predicted octanol–water partition coefficient (Wildman–Crippen LogP) is 1.12. The molecule has 3 aromatic rings. The van der Waals surface area contributed by atoms with Crippen LogP contribution in [-0.4, -0.2) is 24.1 Å². The number of nitrogens with zero attached hydrogens (tertiary/aromatic N) is 5. The first-order chi connectivity index (χ1) is 9.91. The van der Waals surface area contributed by atoms with Crippen molar-refractivity contribution in [2.24, 2.45) is 14.1 Å². The van der Waals surface area contributed by atoms with Crippen LogP contribution < -0.4 is 11.2 Å². The van der Waals surface area contributed by atoms with Gasteiger partial charge in [-0.25, -0.2) is 4.79 Å². The Morgan fingerprint density at radius 2 is 1.76 bits per heavy atom. The maximum absolute atomic E-state index is 12.1. The van der Waals surface area contributed by atoms with Crippen LogP contribution in [0.15, 0.2) is 27.8 Å². The van der Waals surface area contributed by atoms with Crippen molar-refractivity contribution in [1.82, 2.24) is 24.1 Å². The van der Waals surface area contributed by atoms with Crippen LogP contribution in [0.25, 0.3) is 16.9 Å². The second kappa shape index (κ2) is 4.71. The van der Waals surface area contributed by atoms with Crippen LogP contribution in [0.2, 0.25) is 10.0 Å². The molecule has 108 valence electrons. The van der Waals surface area contributed by atoms with Gasteiger partial charge in [0.25, 0.3) is 5.56 Å². The van der Waals surface area contributed by atoms with Crippen molar-refractivity contribution < 1.29 is 0 Å². The minimum atomic E-state index is -0.501. The van der Waals surface area contributed by atoms with E-state index in [9.17, 15) is 9.59 Å². The lowest BCUT2D eigenvalue weighted by Gasteiger charge is -2.07. The molecule has 0 spiro atoms. The minimum absolute atomic E-state index is 0.102. The van der Waals surface area contributed by atoms with Gasteiger partial charge in [-0.3, -0.25) is 13.9 Å². The second-order valence-corrected chi connectivity index (χ2v) is 5.29. The van der Waals surface area contributed by atoms with Crippen LogP contribution in [0.3, 0.4) is 0 Å². The highest BCUT2D eigenvalue weighted by molar-refractivity contribution is 6.42. The Morgan fingerprint density at radius 3 is 2.43 bits per heavy atom. The average Bonchev–Trinajstić information content (AvgIpc) is 2.90. The topological polar surface area (TPSA) is 74.7 Å². The van der Waals surface area contributed by atoms with Crippen molar-refractivity contribution in [3.63, 3.8) is 0 Å². The Hall–Kier alpha value is -2.12. The van der Waals surface area contributed by atoms with Crippen LogP contribution in [-0.2, 0) is 14.1 Å². The fraction of sp³-hybridized carbons (Fsp3) is 0.167. The third-order valence-electron chi connectivity index (χ3n) is 3.19. The Balaban J connectivity index is 2.43. The Kier molecular flexibility index (Phi) is 3.11. The first kappa shape index (κ1) is 13.8. The van der Waals surface area contributed by atoms with Gasteiger partial charge in [0.2, 0.25) is 0 Å². The third-order valence-corrected chi connectivity index (χ3v) is 3.93. The maximum atomic E-state index is 12.1. The van der Waals surface area contributed by atoms with Gasteiger partial charge in [0.05, 0.1) is 15.7 Å². The molecule has 0 atom stereocenters. The van der Waals surface area contributed by atoms with E-state index in [0.29, 0.717) is 21.4 Å². The Morgan fingerprint density at radius 1 is 1.05 bits per heavy atom. The van der Waals surface area contributed by atoms with Gasteiger partial charge in [-0.2, -0.15) is 4.68 Å². The number of hydrogen-bond acceptors (Lipinski definition) is 4. The molecule has 0 aliphatic carbocycles. The van der Waals surface area contributed by atoms with Crippen LogP contribution >= 0.6 is 23.2 Å². The summed E-state index contributed by atoms with van der Waals surface area (Å²) in [6.45, 7) is 0. The molecule has 0 saturated heterocycles. The summed E-state index contributed by atoms with van der Waals surface area (Å²) in [5.41, 5.74) is -0.0159. The van der Waals surface area contributed by atoms with Gasteiger partial charge in [0, 0.05) is 14.1 Å². The van der Waals surface area contributed by atoms with Gasteiger partial charge in [-0.15, -0.1) is 5.10 Å². The summed E-state index contributed by atoms with van der Waals surface area (Å²) in [4.78, 5) is 24.1. The Bertz CT molecular complexity index is 986. The molecular formula is C12H9Cl2N5O2. The summed E-state index contributed by atoms with van der Waals surface area (Å²) in [5.74, 6) is 0. The highest BCUT2D eigenvalue weighted by Crippen LogP contribution is 2.25. The number of aromatic nitrogens is 5. The van der Waals surface area contributed by atoms with Crippen LogP contribution in [0.5, 0.6) is 0 Å². The summed E-state index contributed by atoms with van der Waals surface area (Å²) in [5, 5.41) is 8.52. The lowest BCUT2D eigenvalue weighted by atomic mass is 10.3. The van der Waals surface area contributed by atoms with E-state index >= 15 is 0 Å². The zero-order chi connectivity index (χ0) is 15.3. The van der Waals surface area contributed by atoms with E-state index in [-0.39, 0.29) is 5.52 Å². The number of fused-ring (bicyclic) bond motifs is 1. The van der Waals surface area contributed by atoms with E-state index in [1.54, 1.807) is 25.2 Å². The average molecular weight is 326 g/mol. The lowest BCUT2D eigenvalue weighted by molar-refractivity contribution is 0.698. The van der Waals surface area contributed by atoms with E-state index < -0.39 is 11.2 Å². The summed E-state index contributed by atoms with van der Waals surface area (Å²) in [6.07, 6.45) is 0. The molecule has 0 saturated carbocycles. The molecule has 2 heterocycles. The minimum Gasteiger partial charge on any atom is -0.279 e. The fourth-order valence-electron chi connectivity index (χ4n) is 2.07. The van der Waals surface area contributed by atoms with Crippen molar-refractivity contribution in [3.05, 3.63) is 49.1 Å². The molecule has 0 N–H and O–H groups in total. The van der Waals surface area contributed by atoms with E-state index in [1.165, 1.54) is 16.3 Å². The van der Waals surface area contributed by atoms with Gasteiger partial charge in [-0.1, -0.05) is 28.4 Å². The third kappa shape index (κ3) is 1.97. The molecule has 0 amide bonds. The molecule has 0 aliphatic heterocycles. The van der Waals surface area contributed by atoms with Crippen LogP contribution in [0, 0.1) is 0 Å². The number of aryl methyl sites for hydroxylation is 1. The number of hydrogen-bond donors (Lipinski definition) is 0. The van der Waals surface area contributed by atoms with E-state index in [0.717, 1.165) is 4.57 Å². The maximum Gasteiger partial charge on any atom is 0.332 e. The van der Waals surface area contributed by atoms with Crippen LogP contribution in [0.1, 0.15) is 0 Å². The van der Waals surface area contributed by atoms with E-state index in [2.05, 4.69) is 10.3 Å². The summed E-state index contributed by atoms with van der Waals surface area (Å²) in [7, 11) is 2.93. The first-order valence-electron chi connectivity index (χ1n) is 5.88. The second-order valence-electron chi connectivity index (χ2n) is 4.48. The van der Waals surface area contributed by atoms with Gasteiger partial charge < -0.3 is 0 Å². The molecule has 9 heteroatoms. The van der Waals surface area contributed by atoms with E-state index in [4.69, 9.17) is 23.2 Å². The molecule has 0 bridgehead atoms. The van der Waals surface area contributed by atoms with Gasteiger partial charge in [0.1, 0.15) is 0 Å². The normalized spacial score (nSPS) is 11.2. The molecule has 0 aliphatic rings. The molecule has 7 nitrogen and oxygen atoms in total. The zero-order valence-electron chi connectivity index (χ0n) is 11.0. The monoisotopic (exact) mass is 325 g/mol. The SMILES string of the molecule is Cn1c(=O)c2nnn(-c3ccc(Cl)c(Cl)c3)c2n(C)c1=O. The fourth-order valence-corrected chi connectivity index (χ4v) is 2.36. The van der Waals surface area contributed by atoms with Crippen molar-refractivity contribution in [3.8, 4) is 5.69 Å². The molecule has 21 heavy (non-hydrogen) atoms. The largest absolute Gasteiger partial charge is 0.332 e. The highest BCUT2D eigenvalue weighted by Gasteiger charge is 2.16. The molecular weight excluding hydrogens is 317 g/mol. The molecule has 0 radical (unpaired) electrons. The first-order valence-corrected chi connectivity index (χ1v) is 6.64. The zero-order valence-corrected chi connectivity index (χ0v) is 12.6. The van der Waals surface area contributed by atoms with Crippen molar-refractivity contribution >= 4 is 34.4 Å². The standard InChI is InChI=1S/C12H9Cl2N5O2/c1-17-10-9(11(20)18(2)12(17)21)15-16-19(10)6-3-4-7(13)8(14)5-6/h3-5H,1-2H3. The Labute approximate surface area is 127 Å². The number of rotatable bonds is 1. The highest BCUT2D eigenvalue weighted by atomic mass is 35.5. The van der Waals surface area contributed by atoms with Crippen molar-refractivity contribution in [1.29, 1.82) is 0 Å². The van der Waals surface area contributed by atoms with Crippen molar-refractivity contribution in [2.75, 3.05) is 0 Å². The van der Waals surface area contributed by atoms with Crippen LogP contribution in [0.4, 0.5) is 0 Å². The molecule has 0 fully saturated rings. The van der Waals surface area contributed by atoms with Gasteiger partial charge in [0.15, 0.2) is 11.2 Å². The number of halogens is 2. The summed E-state index contributed by atoms with van der Waals surface area (Å²) < 4.78 is 3.66. The summed E-state index contributed by atoms with van der Waals surface area (Å²) in [6, 6.07) is 4.86. The predicted molar refractivity (Wildman–Crippen MR) is 79.4 cm³/mol. The quantitative estimate of drug-likeness (QED) is 0.672. The van der Waals surface area contributed by atoms with Crippen molar-refractivity contribution in [2.45, 2.75) is 0 Å². The molecule has 0 unspecified atom stereocenters. The molecule has 3 rings (SSSR count).